The summed E-state index contributed by atoms with van der Waals surface area (Å²) in [6.45, 7) is 1.26. The van der Waals surface area contributed by atoms with Gasteiger partial charge in [-0.1, -0.05) is 34.8 Å². The van der Waals surface area contributed by atoms with Gasteiger partial charge >= 0.3 is 0 Å². The predicted octanol–water partition coefficient (Wildman–Crippen LogP) is 4.26. The Hall–Kier alpha value is -2.19. The predicted molar refractivity (Wildman–Crippen MR) is 110 cm³/mol. The molecule has 3 rings (SSSR count). The highest BCUT2D eigenvalue weighted by Gasteiger charge is 2.24. The first kappa shape index (κ1) is 21.5. The van der Waals surface area contributed by atoms with Gasteiger partial charge < -0.3 is 10.4 Å². The van der Waals surface area contributed by atoms with E-state index in [-0.39, 0.29) is 29.9 Å². The topological polar surface area (TPSA) is 80.0 Å². The normalized spacial score (nSPS) is 12.1. The summed E-state index contributed by atoms with van der Waals surface area (Å²) in [5.74, 6) is -0.376. The Morgan fingerprint density at radius 1 is 1.21 bits per heavy atom. The molecular weight excluding hydrogens is 442 g/mol. The van der Waals surface area contributed by atoms with Gasteiger partial charge in [0.2, 0.25) is 5.91 Å². The fraction of sp³-hybridized carbons (Fsp3) is 0.211. The highest BCUT2D eigenvalue weighted by atomic mass is 35.5. The summed E-state index contributed by atoms with van der Waals surface area (Å²) in [7, 11) is 0. The summed E-state index contributed by atoms with van der Waals surface area (Å²) in [6, 6.07) is 8.32. The molecule has 0 fully saturated rings. The molecule has 1 heterocycles. The summed E-state index contributed by atoms with van der Waals surface area (Å²) in [5.41, 5.74) is 0.980. The minimum absolute atomic E-state index is 0.0199. The molecule has 0 aliphatic carbocycles. The molecule has 2 N–H and O–H groups in total. The van der Waals surface area contributed by atoms with Crippen LogP contribution in [0.3, 0.4) is 0 Å². The number of nitrogens with zero attached hydrogens (tertiary/aromatic N) is 3. The first-order valence-corrected chi connectivity index (χ1v) is 9.66. The molecule has 0 spiro atoms. The van der Waals surface area contributed by atoms with E-state index in [0.717, 1.165) is 0 Å². The van der Waals surface area contributed by atoms with Gasteiger partial charge in [-0.3, -0.25) is 4.79 Å². The fourth-order valence-electron chi connectivity index (χ4n) is 2.83. The molecule has 1 unspecified atom stereocenters. The van der Waals surface area contributed by atoms with Gasteiger partial charge in [0.25, 0.3) is 0 Å². The number of benzene rings is 2. The van der Waals surface area contributed by atoms with Crippen LogP contribution in [-0.2, 0) is 11.3 Å². The van der Waals surface area contributed by atoms with Crippen LogP contribution >= 0.6 is 34.8 Å². The summed E-state index contributed by atoms with van der Waals surface area (Å²) in [4.78, 5) is 16.3. The molecular formula is C19H16Cl3FN4O2. The Labute approximate surface area is 181 Å². The molecule has 0 radical (unpaired) electrons. The first-order valence-electron chi connectivity index (χ1n) is 8.52. The molecule has 0 bridgehead atoms. The zero-order valence-corrected chi connectivity index (χ0v) is 17.4. The van der Waals surface area contributed by atoms with Crippen molar-refractivity contribution in [2.24, 2.45) is 0 Å². The number of hydrogen-bond acceptors (Lipinski definition) is 4. The van der Waals surface area contributed by atoms with E-state index in [1.165, 1.54) is 23.7 Å². The Morgan fingerprint density at radius 2 is 1.90 bits per heavy atom. The highest BCUT2D eigenvalue weighted by Crippen LogP contribution is 2.29. The number of hydrogen-bond donors (Lipinski definition) is 2. The second kappa shape index (κ2) is 9.09. The van der Waals surface area contributed by atoms with Gasteiger partial charge in [-0.15, -0.1) is 0 Å². The van der Waals surface area contributed by atoms with Crippen molar-refractivity contribution in [2.45, 2.75) is 19.5 Å². The van der Waals surface area contributed by atoms with Crippen LogP contribution < -0.4 is 5.32 Å². The molecule has 3 aromatic rings. The molecule has 2 aromatic carbocycles. The van der Waals surface area contributed by atoms with Crippen LogP contribution in [0.25, 0.3) is 11.4 Å². The maximum atomic E-state index is 13.9. The third-order valence-corrected chi connectivity index (χ3v) is 4.76. The average molecular weight is 458 g/mol. The lowest BCUT2D eigenvalue weighted by Gasteiger charge is -2.19. The Bertz CT molecular complexity index is 1040. The van der Waals surface area contributed by atoms with Crippen molar-refractivity contribution in [3.8, 4) is 11.4 Å². The zero-order valence-electron chi connectivity index (χ0n) is 15.2. The van der Waals surface area contributed by atoms with Gasteiger partial charge in [0.15, 0.2) is 11.6 Å². The van der Waals surface area contributed by atoms with Crippen LogP contribution in [-0.4, -0.2) is 32.4 Å². The van der Waals surface area contributed by atoms with Crippen molar-refractivity contribution in [1.82, 2.24) is 20.1 Å². The number of carbonyl (C=O) groups is 1. The Balaban J connectivity index is 2.14. The quantitative estimate of drug-likeness (QED) is 0.579. The van der Waals surface area contributed by atoms with Crippen LogP contribution in [0.1, 0.15) is 24.4 Å². The van der Waals surface area contributed by atoms with E-state index >= 15 is 0 Å². The molecule has 0 aliphatic rings. The van der Waals surface area contributed by atoms with Crippen molar-refractivity contribution < 1.29 is 14.3 Å². The van der Waals surface area contributed by atoms with Crippen LogP contribution in [0.4, 0.5) is 4.39 Å². The SMILES string of the molecule is CC(=O)NC(c1cc(Cl)cc(Cl)c1)c1nc(-c2ccc(Cl)c(F)c2)nn1CCO. The Morgan fingerprint density at radius 3 is 2.48 bits per heavy atom. The monoisotopic (exact) mass is 456 g/mol. The number of aromatic nitrogens is 3. The van der Waals surface area contributed by atoms with Gasteiger partial charge in [0.05, 0.1) is 18.2 Å². The number of aliphatic hydroxyl groups is 1. The maximum absolute atomic E-state index is 13.9. The van der Waals surface area contributed by atoms with Crippen molar-refractivity contribution >= 4 is 40.7 Å². The lowest BCUT2D eigenvalue weighted by atomic mass is 10.1. The van der Waals surface area contributed by atoms with E-state index in [0.29, 0.717) is 27.0 Å². The van der Waals surface area contributed by atoms with E-state index in [1.54, 1.807) is 24.3 Å². The minimum Gasteiger partial charge on any atom is -0.394 e. The Kier molecular flexibility index (Phi) is 6.74. The smallest absolute Gasteiger partial charge is 0.217 e. The zero-order chi connectivity index (χ0) is 21.1. The van der Waals surface area contributed by atoms with E-state index in [9.17, 15) is 14.3 Å². The molecule has 10 heteroatoms. The largest absolute Gasteiger partial charge is 0.394 e. The van der Waals surface area contributed by atoms with Crippen LogP contribution in [0.5, 0.6) is 0 Å². The van der Waals surface area contributed by atoms with Gasteiger partial charge in [0.1, 0.15) is 11.9 Å². The molecule has 1 atom stereocenters. The van der Waals surface area contributed by atoms with Gasteiger partial charge in [0, 0.05) is 22.5 Å². The lowest BCUT2D eigenvalue weighted by Crippen LogP contribution is -2.30. The first-order chi connectivity index (χ1) is 13.8. The summed E-state index contributed by atoms with van der Waals surface area (Å²) < 4.78 is 15.3. The summed E-state index contributed by atoms with van der Waals surface area (Å²) in [5, 5.41) is 17.3. The summed E-state index contributed by atoms with van der Waals surface area (Å²) >= 11 is 18.0. The molecule has 152 valence electrons. The third-order valence-electron chi connectivity index (χ3n) is 4.01. The summed E-state index contributed by atoms with van der Waals surface area (Å²) in [6.07, 6.45) is 0. The van der Waals surface area contributed by atoms with Gasteiger partial charge in [-0.2, -0.15) is 5.10 Å². The standard InChI is InChI=1S/C19H16Cl3FN4O2/c1-10(29)24-17(12-6-13(20)9-14(21)7-12)19-25-18(26-27(19)4-5-28)11-2-3-15(22)16(23)8-11/h2-3,6-9,17,28H,4-5H2,1H3,(H,24,29). The molecule has 29 heavy (non-hydrogen) atoms. The number of halogens is 4. The van der Waals surface area contributed by atoms with E-state index in [1.807, 2.05) is 0 Å². The molecule has 0 saturated heterocycles. The second-order valence-electron chi connectivity index (χ2n) is 6.21. The minimum atomic E-state index is -0.742. The van der Waals surface area contributed by atoms with Crippen molar-refractivity contribution in [3.05, 3.63) is 68.7 Å². The fourth-order valence-corrected chi connectivity index (χ4v) is 3.49. The molecule has 1 amide bonds. The van der Waals surface area contributed by atoms with Crippen LogP contribution in [0, 0.1) is 5.82 Å². The molecule has 1 aromatic heterocycles. The van der Waals surface area contributed by atoms with Crippen molar-refractivity contribution in [2.75, 3.05) is 6.61 Å². The molecule has 6 nitrogen and oxygen atoms in total. The molecule has 0 saturated carbocycles. The lowest BCUT2D eigenvalue weighted by molar-refractivity contribution is -0.119. The number of rotatable bonds is 6. The number of aliphatic hydroxyl groups excluding tert-OH is 1. The number of carbonyl (C=O) groups excluding carboxylic acids is 1. The van der Waals surface area contributed by atoms with Gasteiger partial charge in [-0.05, 0) is 42.0 Å². The highest BCUT2D eigenvalue weighted by molar-refractivity contribution is 6.34. The van der Waals surface area contributed by atoms with E-state index in [2.05, 4.69) is 15.4 Å². The third kappa shape index (κ3) is 5.05. The van der Waals surface area contributed by atoms with Crippen LogP contribution in [0.15, 0.2) is 36.4 Å². The number of amides is 1. The second-order valence-corrected chi connectivity index (χ2v) is 7.49. The van der Waals surface area contributed by atoms with Gasteiger partial charge in [-0.25, -0.2) is 14.1 Å². The average Bonchev–Trinajstić information content (AvgIpc) is 3.05. The molecule has 0 aliphatic heterocycles. The van der Waals surface area contributed by atoms with Crippen molar-refractivity contribution in [1.29, 1.82) is 0 Å². The van der Waals surface area contributed by atoms with E-state index < -0.39 is 11.9 Å². The van der Waals surface area contributed by atoms with Crippen LogP contribution in [0.2, 0.25) is 15.1 Å². The maximum Gasteiger partial charge on any atom is 0.217 e. The van der Waals surface area contributed by atoms with Crippen molar-refractivity contribution in [3.63, 3.8) is 0 Å². The number of nitrogens with one attached hydrogen (secondary N) is 1. The van der Waals surface area contributed by atoms with E-state index in [4.69, 9.17) is 34.8 Å².